The molecule has 1 aliphatic rings. The van der Waals surface area contributed by atoms with Gasteiger partial charge in [0.1, 0.15) is 5.69 Å². The average molecular weight is 271 g/mol. The number of hydrogen-bond acceptors (Lipinski definition) is 6. The molecule has 1 aromatic heterocycles. The molecule has 3 N–H and O–H groups in total. The highest BCUT2D eigenvalue weighted by atomic mass is 16.3. The van der Waals surface area contributed by atoms with E-state index in [1.807, 2.05) is 18.2 Å². The minimum absolute atomic E-state index is 0.152. The average Bonchev–Trinajstić information content (AvgIpc) is 2.51. The molecule has 1 aromatic carbocycles. The van der Waals surface area contributed by atoms with Gasteiger partial charge in [0, 0.05) is 31.9 Å². The Kier molecular flexibility index (Phi) is 3.28. The van der Waals surface area contributed by atoms with Gasteiger partial charge in [-0.2, -0.15) is 4.98 Å². The lowest BCUT2D eigenvalue weighted by Gasteiger charge is -2.36. The highest BCUT2D eigenvalue weighted by Crippen LogP contribution is 2.21. The monoisotopic (exact) mass is 271 g/mol. The first-order valence-electron chi connectivity index (χ1n) is 6.60. The third kappa shape index (κ3) is 2.45. The second kappa shape index (κ2) is 5.24. The van der Waals surface area contributed by atoms with Crippen LogP contribution >= 0.6 is 0 Å². The second-order valence-electron chi connectivity index (χ2n) is 4.76. The van der Waals surface area contributed by atoms with E-state index in [1.165, 1.54) is 11.9 Å². The number of hydrogen-bond donors (Lipinski definition) is 2. The Bertz CT molecular complexity index is 581. The zero-order chi connectivity index (χ0) is 13.9. The van der Waals surface area contributed by atoms with Crippen LogP contribution in [-0.2, 0) is 0 Å². The molecule has 0 atom stereocenters. The molecule has 0 aliphatic carbocycles. The normalized spacial score (nSPS) is 15.4. The molecule has 2 heterocycles. The number of para-hydroxylation sites is 1. The summed E-state index contributed by atoms with van der Waals surface area (Å²) in [6.45, 7) is 3.44. The van der Waals surface area contributed by atoms with Crippen molar-refractivity contribution in [2.45, 2.75) is 0 Å². The molecular formula is C14H17N5O. The first-order chi connectivity index (χ1) is 9.74. The Morgan fingerprint density at radius 2 is 1.65 bits per heavy atom. The van der Waals surface area contributed by atoms with Crippen molar-refractivity contribution in [2.24, 2.45) is 0 Å². The fraction of sp³-hybridized carbons (Fsp3) is 0.286. The standard InChI is InChI=1S/C14H17N5O/c15-12-10-16-14(17-13(12)20)19-8-6-18(7-9-19)11-4-2-1-3-5-11/h1-5,10H,6-9,15H2,(H,16,17,20). The lowest BCUT2D eigenvalue weighted by molar-refractivity contribution is 0.454. The van der Waals surface area contributed by atoms with Crippen molar-refractivity contribution in [1.29, 1.82) is 0 Å². The Balaban J connectivity index is 1.68. The number of benzene rings is 1. The molecule has 0 spiro atoms. The minimum atomic E-state index is -0.152. The van der Waals surface area contributed by atoms with Gasteiger partial charge in [-0.05, 0) is 12.1 Å². The molecule has 0 bridgehead atoms. The maximum atomic E-state index is 9.55. The van der Waals surface area contributed by atoms with Gasteiger partial charge in [-0.3, -0.25) is 0 Å². The van der Waals surface area contributed by atoms with Crippen molar-refractivity contribution in [3.63, 3.8) is 0 Å². The van der Waals surface area contributed by atoms with Gasteiger partial charge in [0.05, 0.1) is 6.20 Å². The van der Waals surface area contributed by atoms with E-state index in [-0.39, 0.29) is 11.6 Å². The van der Waals surface area contributed by atoms with Crippen molar-refractivity contribution >= 4 is 17.3 Å². The molecule has 6 nitrogen and oxygen atoms in total. The van der Waals surface area contributed by atoms with Crippen LogP contribution in [0.1, 0.15) is 0 Å². The Hall–Kier alpha value is -2.50. The maximum absolute atomic E-state index is 9.55. The van der Waals surface area contributed by atoms with E-state index in [9.17, 15) is 5.11 Å². The summed E-state index contributed by atoms with van der Waals surface area (Å²) in [4.78, 5) is 12.6. The molecule has 104 valence electrons. The zero-order valence-corrected chi connectivity index (χ0v) is 11.1. The van der Waals surface area contributed by atoms with Crippen molar-refractivity contribution < 1.29 is 5.11 Å². The number of rotatable bonds is 2. The molecule has 2 aromatic rings. The van der Waals surface area contributed by atoms with Gasteiger partial charge in [-0.25, -0.2) is 4.98 Å². The summed E-state index contributed by atoms with van der Waals surface area (Å²) in [5, 5.41) is 9.55. The Morgan fingerprint density at radius 3 is 2.30 bits per heavy atom. The smallest absolute Gasteiger partial charge is 0.239 e. The molecule has 0 radical (unpaired) electrons. The fourth-order valence-corrected chi connectivity index (χ4v) is 2.33. The van der Waals surface area contributed by atoms with Crippen molar-refractivity contribution in [1.82, 2.24) is 9.97 Å². The quantitative estimate of drug-likeness (QED) is 0.851. The highest BCUT2D eigenvalue weighted by Gasteiger charge is 2.19. The third-order valence-corrected chi connectivity index (χ3v) is 3.47. The number of aromatic nitrogens is 2. The number of nitrogens with two attached hydrogens (primary N) is 1. The number of aromatic hydroxyl groups is 1. The lowest BCUT2D eigenvalue weighted by Crippen LogP contribution is -2.47. The summed E-state index contributed by atoms with van der Waals surface area (Å²) in [5.41, 5.74) is 6.95. The van der Waals surface area contributed by atoms with E-state index < -0.39 is 0 Å². The van der Waals surface area contributed by atoms with Crippen LogP contribution in [0.5, 0.6) is 5.88 Å². The van der Waals surface area contributed by atoms with Crippen LogP contribution in [0.2, 0.25) is 0 Å². The number of anilines is 3. The van der Waals surface area contributed by atoms with Crippen LogP contribution in [0.4, 0.5) is 17.3 Å². The summed E-state index contributed by atoms with van der Waals surface area (Å²) in [6.07, 6.45) is 1.45. The van der Waals surface area contributed by atoms with Crippen LogP contribution in [0.15, 0.2) is 36.5 Å². The van der Waals surface area contributed by atoms with E-state index in [4.69, 9.17) is 5.73 Å². The summed E-state index contributed by atoms with van der Waals surface area (Å²) in [6, 6.07) is 10.3. The first-order valence-corrected chi connectivity index (χ1v) is 6.60. The molecule has 1 aliphatic heterocycles. The van der Waals surface area contributed by atoms with Gasteiger partial charge in [0.2, 0.25) is 11.8 Å². The third-order valence-electron chi connectivity index (χ3n) is 3.47. The lowest BCUT2D eigenvalue weighted by atomic mass is 10.2. The summed E-state index contributed by atoms with van der Waals surface area (Å²) in [7, 11) is 0. The SMILES string of the molecule is Nc1cnc(N2CCN(c3ccccc3)CC2)nc1O. The summed E-state index contributed by atoms with van der Waals surface area (Å²) in [5.74, 6) is 0.380. The highest BCUT2D eigenvalue weighted by molar-refractivity contribution is 5.51. The Labute approximate surface area is 117 Å². The van der Waals surface area contributed by atoms with E-state index in [0.29, 0.717) is 5.95 Å². The number of piperazine rings is 1. The topological polar surface area (TPSA) is 78.5 Å². The summed E-state index contributed by atoms with van der Waals surface area (Å²) >= 11 is 0. The molecule has 0 saturated carbocycles. The van der Waals surface area contributed by atoms with Gasteiger partial charge in [0.15, 0.2) is 0 Å². The molecule has 0 amide bonds. The van der Waals surface area contributed by atoms with E-state index in [1.54, 1.807) is 0 Å². The minimum Gasteiger partial charge on any atom is -0.492 e. The van der Waals surface area contributed by atoms with Crippen LogP contribution in [0.25, 0.3) is 0 Å². The molecule has 20 heavy (non-hydrogen) atoms. The molecule has 1 saturated heterocycles. The maximum Gasteiger partial charge on any atom is 0.239 e. The second-order valence-corrected chi connectivity index (χ2v) is 4.76. The summed E-state index contributed by atoms with van der Waals surface area (Å²) < 4.78 is 0. The zero-order valence-electron chi connectivity index (χ0n) is 11.1. The molecule has 3 rings (SSSR count). The molecule has 1 fully saturated rings. The number of nitrogens with zero attached hydrogens (tertiary/aromatic N) is 4. The van der Waals surface area contributed by atoms with Crippen molar-refractivity contribution in [3.8, 4) is 5.88 Å². The van der Waals surface area contributed by atoms with Gasteiger partial charge in [-0.1, -0.05) is 18.2 Å². The Morgan fingerprint density at radius 1 is 1.00 bits per heavy atom. The largest absolute Gasteiger partial charge is 0.492 e. The van der Waals surface area contributed by atoms with Gasteiger partial charge < -0.3 is 20.6 Å². The van der Waals surface area contributed by atoms with Gasteiger partial charge in [0.25, 0.3) is 0 Å². The van der Waals surface area contributed by atoms with Crippen molar-refractivity contribution in [3.05, 3.63) is 36.5 Å². The van der Waals surface area contributed by atoms with E-state index in [2.05, 4.69) is 31.9 Å². The molecular weight excluding hydrogens is 254 g/mol. The van der Waals surface area contributed by atoms with Crippen LogP contribution in [0.3, 0.4) is 0 Å². The van der Waals surface area contributed by atoms with Crippen LogP contribution < -0.4 is 15.5 Å². The van der Waals surface area contributed by atoms with Crippen LogP contribution in [0, 0.1) is 0 Å². The number of nitrogen functional groups attached to an aromatic ring is 1. The van der Waals surface area contributed by atoms with Crippen LogP contribution in [-0.4, -0.2) is 41.3 Å². The fourth-order valence-electron chi connectivity index (χ4n) is 2.33. The van der Waals surface area contributed by atoms with Crippen molar-refractivity contribution in [2.75, 3.05) is 41.7 Å². The van der Waals surface area contributed by atoms with Gasteiger partial charge in [-0.15, -0.1) is 0 Å². The van der Waals surface area contributed by atoms with E-state index >= 15 is 0 Å². The molecule has 6 heteroatoms. The van der Waals surface area contributed by atoms with Gasteiger partial charge >= 0.3 is 0 Å². The van der Waals surface area contributed by atoms with E-state index in [0.717, 1.165) is 26.2 Å². The predicted molar refractivity (Wildman–Crippen MR) is 79.0 cm³/mol. The predicted octanol–water partition coefficient (Wildman–Crippen LogP) is 1.09. The molecule has 0 unspecified atom stereocenters. The first kappa shape index (κ1) is 12.5.